The molecule has 0 unspecified atom stereocenters. The summed E-state index contributed by atoms with van der Waals surface area (Å²) in [5, 5.41) is 0. The molecule has 4 heteroatoms. The van der Waals surface area contributed by atoms with Gasteiger partial charge in [-0.15, -0.1) is 0 Å². The largest absolute Gasteiger partial charge is 0.497 e. The van der Waals surface area contributed by atoms with Crippen molar-refractivity contribution >= 4 is 5.97 Å². The van der Waals surface area contributed by atoms with Gasteiger partial charge in [0.25, 0.3) is 0 Å². The zero-order valence-electron chi connectivity index (χ0n) is 19.7. The van der Waals surface area contributed by atoms with E-state index in [-0.39, 0.29) is 12.1 Å². The second-order valence-electron chi connectivity index (χ2n) is 9.91. The van der Waals surface area contributed by atoms with E-state index < -0.39 is 0 Å². The molecule has 0 saturated heterocycles. The molecule has 31 heavy (non-hydrogen) atoms. The van der Waals surface area contributed by atoms with Crippen LogP contribution in [0.3, 0.4) is 0 Å². The maximum Gasteiger partial charge on any atom is 0.362 e. The Labute approximate surface area is 187 Å². The molecule has 4 nitrogen and oxygen atoms in total. The van der Waals surface area contributed by atoms with Crippen LogP contribution in [0, 0.1) is 11.8 Å². The van der Waals surface area contributed by atoms with Crippen LogP contribution < -0.4 is 4.74 Å². The SMILES string of the molecule is COc1ccc(C[N+](C)(C)CC(=O)O[C@@H]2C[C@H](C)CC[C@H]2[C@H](C)c2ccccc2)cc1. The molecule has 1 aliphatic carbocycles. The van der Waals surface area contributed by atoms with Crippen LogP contribution in [-0.2, 0) is 16.1 Å². The predicted molar refractivity (Wildman–Crippen MR) is 125 cm³/mol. The maximum absolute atomic E-state index is 13.0. The van der Waals surface area contributed by atoms with E-state index in [1.54, 1.807) is 7.11 Å². The van der Waals surface area contributed by atoms with E-state index >= 15 is 0 Å². The quantitative estimate of drug-likeness (QED) is 0.419. The number of likely N-dealkylation sites (N-methyl/N-ethyl adjacent to an activating group) is 1. The van der Waals surface area contributed by atoms with E-state index in [0.29, 0.717) is 28.8 Å². The van der Waals surface area contributed by atoms with Gasteiger partial charge in [0.1, 0.15) is 18.4 Å². The molecule has 1 saturated carbocycles. The van der Waals surface area contributed by atoms with E-state index in [4.69, 9.17) is 9.47 Å². The Morgan fingerprint density at radius 3 is 2.39 bits per heavy atom. The lowest BCUT2D eigenvalue weighted by Gasteiger charge is -2.38. The molecule has 4 atom stereocenters. The highest BCUT2D eigenvalue weighted by molar-refractivity contribution is 5.70. The Hall–Kier alpha value is -2.33. The minimum absolute atomic E-state index is 0.00700. The number of nitrogens with zero attached hydrogens (tertiary/aromatic N) is 1. The molecule has 0 radical (unpaired) electrons. The summed E-state index contributed by atoms with van der Waals surface area (Å²) >= 11 is 0. The molecule has 0 N–H and O–H groups in total. The fourth-order valence-electron chi connectivity index (χ4n) is 4.90. The molecule has 0 aromatic heterocycles. The van der Waals surface area contributed by atoms with Gasteiger partial charge in [-0.1, -0.05) is 50.6 Å². The second-order valence-corrected chi connectivity index (χ2v) is 9.91. The van der Waals surface area contributed by atoms with E-state index in [0.717, 1.165) is 25.1 Å². The van der Waals surface area contributed by atoms with Gasteiger partial charge in [0.15, 0.2) is 6.54 Å². The van der Waals surface area contributed by atoms with Crippen LogP contribution in [0.4, 0.5) is 0 Å². The van der Waals surface area contributed by atoms with E-state index in [1.165, 1.54) is 17.5 Å². The average molecular weight is 425 g/mol. The van der Waals surface area contributed by atoms with Crippen molar-refractivity contribution in [3.05, 3.63) is 65.7 Å². The first-order valence-corrected chi connectivity index (χ1v) is 11.5. The zero-order chi connectivity index (χ0) is 22.4. The monoisotopic (exact) mass is 424 g/mol. The minimum atomic E-state index is -0.0946. The molecule has 0 heterocycles. The van der Waals surface area contributed by atoms with Gasteiger partial charge in [0, 0.05) is 11.5 Å². The fourth-order valence-corrected chi connectivity index (χ4v) is 4.90. The van der Waals surface area contributed by atoms with Crippen molar-refractivity contribution in [2.75, 3.05) is 27.7 Å². The zero-order valence-corrected chi connectivity index (χ0v) is 19.7. The van der Waals surface area contributed by atoms with E-state index in [1.807, 2.05) is 12.1 Å². The molecule has 1 aliphatic rings. The smallest absolute Gasteiger partial charge is 0.362 e. The summed E-state index contributed by atoms with van der Waals surface area (Å²) in [6.07, 6.45) is 3.26. The normalized spacial score (nSPS) is 22.5. The first-order valence-electron chi connectivity index (χ1n) is 11.5. The molecule has 0 aliphatic heterocycles. The number of ether oxygens (including phenoxy) is 2. The summed E-state index contributed by atoms with van der Waals surface area (Å²) in [4.78, 5) is 13.0. The first-order chi connectivity index (χ1) is 14.8. The number of esters is 1. The number of quaternary nitrogens is 1. The van der Waals surface area contributed by atoms with Crippen LogP contribution in [-0.4, -0.2) is 44.3 Å². The van der Waals surface area contributed by atoms with Gasteiger partial charge >= 0.3 is 5.97 Å². The number of rotatable bonds is 8. The Kier molecular flexibility index (Phi) is 7.77. The van der Waals surface area contributed by atoms with Gasteiger partial charge in [-0.25, -0.2) is 4.79 Å². The van der Waals surface area contributed by atoms with Gasteiger partial charge in [-0.2, -0.15) is 0 Å². The predicted octanol–water partition coefficient (Wildman–Crippen LogP) is 5.42. The van der Waals surface area contributed by atoms with Gasteiger partial charge < -0.3 is 14.0 Å². The Morgan fingerprint density at radius 2 is 1.74 bits per heavy atom. The lowest BCUT2D eigenvalue weighted by atomic mass is 9.73. The van der Waals surface area contributed by atoms with Gasteiger partial charge in [-0.05, 0) is 54.5 Å². The molecular weight excluding hydrogens is 386 g/mol. The Morgan fingerprint density at radius 1 is 1.06 bits per heavy atom. The Bertz CT molecular complexity index is 831. The Balaban J connectivity index is 1.63. The highest BCUT2D eigenvalue weighted by atomic mass is 16.5. The molecule has 3 rings (SSSR count). The highest BCUT2D eigenvalue weighted by Gasteiger charge is 2.36. The maximum atomic E-state index is 13.0. The van der Waals surface area contributed by atoms with Crippen LogP contribution in [0.25, 0.3) is 0 Å². The van der Waals surface area contributed by atoms with Crippen molar-refractivity contribution in [3.8, 4) is 5.75 Å². The molecule has 168 valence electrons. The fraction of sp³-hybridized carbons (Fsp3) is 0.519. The van der Waals surface area contributed by atoms with E-state index in [9.17, 15) is 4.79 Å². The van der Waals surface area contributed by atoms with Crippen molar-refractivity contribution in [1.82, 2.24) is 0 Å². The van der Waals surface area contributed by atoms with Crippen LogP contribution >= 0.6 is 0 Å². The summed E-state index contributed by atoms with van der Waals surface area (Å²) < 4.78 is 12.0. The van der Waals surface area contributed by atoms with E-state index in [2.05, 4.69) is 70.4 Å². The molecule has 1 fully saturated rings. The van der Waals surface area contributed by atoms with Crippen molar-refractivity contribution in [3.63, 3.8) is 0 Å². The van der Waals surface area contributed by atoms with Crippen molar-refractivity contribution < 1.29 is 18.8 Å². The summed E-state index contributed by atoms with van der Waals surface area (Å²) in [5.74, 6) is 2.10. The first kappa shape index (κ1) is 23.3. The third-order valence-electron chi connectivity index (χ3n) is 6.68. The number of benzene rings is 2. The number of carbonyl (C=O) groups is 1. The van der Waals surface area contributed by atoms with Crippen molar-refractivity contribution in [1.29, 1.82) is 0 Å². The topological polar surface area (TPSA) is 35.5 Å². The number of methoxy groups -OCH3 is 1. The average Bonchev–Trinajstić information content (AvgIpc) is 2.74. The molecule has 2 aromatic rings. The van der Waals surface area contributed by atoms with Gasteiger partial charge in [0.2, 0.25) is 0 Å². The van der Waals surface area contributed by atoms with Crippen LogP contribution in [0.15, 0.2) is 54.6 Å². The highest BCUT2D eigenvalue weighted by Crippen LogP contribution is 2.39. The summed E-state index contributed by atoms with van der Waals surface area (Å²) in [6.45, 7) is 5.68. The van der Waals surface area contributed by atoms with Crippen molar-refractivity contribution in [2.24, 2.45) is 11.8 Å². The van der Waals surface area contributed by atoms with Gasteiger partial charge in [-0.3, -0.25) is 0 Å². The standard InChI is InChI=1S/C27H38NO3/c1-20-11-16-25(21(2)23-9-7-6-8-10-23)26(17-20)31-27(29)19-28(3,4)18-22-12-14-24(30-5)15-13-22/h6-10,12-15,20-21,25-26H,11,16-19H2,1-5H3/q+1/t20-,21-,25+,26-/m1/s1. The lowest BCUT2D eigenvalue weighted by Crippen LogP contribution is -2.45. The lowest BCUT2D eigenvalue weighted by molar-refractivity contribution is -0.896. The van der Waals surface area contributed by atoms with Crippen LogP contribution in [0.5, 0.6) is 5.75 Å². The van der Waals surface area contributed by atoms with Gasteiger partial charge in [0.05, 0.1) is 21.2 Å². The third kappa shape index (κ3) is 6.57. The minimum Gasteiger partial charge on any atom is -0.497 e. The third-order valence-corrected chi connectivity index (χ3v) is 6.68. The summed E-state index contributed by atoms with van der Waals surface area (Å²) in [6, 6.07) is 18.7. The summed E-state index contributed by atoms with van der Waals surface area (Å²) in [5.41, 5.74) is 2.51. The van der Waals surface area contributed by atoms with Crippen molar-refractivity contribution in [2.45, 2.75) is 51.7 Å². The van der Waals surface area contributed by atoms with Crippen LogP contribution in [0.1, 0.15) is 50.2 Å². The molecule has 0 spiro atoms. The van der Waals surface area contributed by atoms with Crippen LogP contribution in [0.2, 0.25) is 0 Å². The number of hydrogen-bond donors (Lipinski definition) is 0. The second kappa shape index (κ2) is 10.3. The molecule has 2 aromatic carbocycles. The molecule has 0 amide bonds. The molecule has 0 bridgehead atoms. The summed E-state index contributed by atoms with van der Waals surface area (Å²) in [7, 11) is 5.83. The number of hydrogen-bond acceptors (Lipinski definition) is 3. The molecular formula is C27H38NO3+. The number of carbonyl (C=O) groups excluding carboxylic acids is 1.